The van der Waals surface area contributed by atoms with Gasteiger partial charge in [-0.2, -0.15) is 0 Å². The number of ether oxygens (including phenoxy) is 1. The number of nitrogens with one attached hydrogen (secondary N) is 1. The number of benzene rings is 2. The SMILES string of the molecule is O=C(Cc1csc(NC(=O)c2ccccc2F)n1)O[C@H](c1cccc(F)c1)c1ccccn1. The molecule has 4 aromatic rings. The van der Waals surface area contributed by atoms with Crippen LogP contribution in [0.25, 0.3) is 0 Å². The summed E-state index contributed by atoms with van der Waals surface area (Å²) in [5, 5.41) is 4.33. The molecular formula is C24H17F2N3O3S. The van der Waals surface area contributed by atoms with Crippen molar-refractivity contribution in [1.82, 2.24) is 9.97 Å². The molecule has 0 saturated carbocycles. The van der Waals surface area contributed by atoms with Gasteiger partial charge in [0.15, 0.2) is 11.2 Å². The van der Waals surface area contributed by atoms with Crippen molar-refractivity contribution in [1.29, 1.82) is 0 Å². The van der Waals surface area contributed by atoms with Crippen LogP contribution in [-0.4, -0.2) is 21.8 Å². The van der Waals surface area contributed by atoms with Crippen molar-refractivity contribution in [2.24, 2.45) is 0 Å². The Kier molecular flexibility index (Phi) is 6.80. The third-order valence-corrected chi connectivity index (χ3v) is 5.38. The zero-order chi connectivity index (χ0) is 23.2. The van der Waals surface area contributed by atoms with Crippen LogP contribution in [0.5, 0.6) is 0 Å². The van der Waals surface area contributed by atoms with E-state index in [1.807, 2.05) is 0 Å². The summed E-state index contributed by atoms with van der Waals surface area (Å²) in [5.41, 5.74) is 1.15. The maximum absolute atomic E-state index is 13.8. The Balaban J connectivity index is 1.45. The lowest BCUT2D eigenvalue weighted by atomic mass is 10.1. The second-order valence-electron chi connectivity index (χ2n) is 6.93. The van der Waals surface area contributed by atoms with Crippen LogP contribution in [0.15, 0.2) is 78.3 Å². The molecule has 0 spiro atoms. The van der Waals surface area contributed by atoms with Crippen LogP contribution in [0.3, 0.4) is 0 Å². The second-order valence-corrected chi connectivity index (χ2v) is 7.79. The molecule has 2 aromatic heterocycles. The first-order chi connectivity index (χ1) is 16.0. The molecule has 33 heavy (non-hydrogen) atoms. The number of nitrogens with zero attached hydrogens (tertiary/aromatic N) is 2. The summed E-state index contributed by atoms with van der Waals surface area (Å²) in [4.78, 5) is 33.3. The van der Waals surface area contributed by atoms with Gasteiger partial charge in [-0.3, -0.25) is 19.9 Å². The van der Waals surface area contributed by atoms with Crippen LogP contribution in [-0.2, 0) is 16.0 Å². The number of carbonyl (C=O) groups excluding carboxylic acids is 2. The minimum Gasteiger partial charge on any atom is -0.451 e. The molecule has 0 unspecified atom stereocenters. The molecule has 9 heteroatoms. The predicted molar refractivity (Wildman–Crippen MR) is 119 cm³/mol. The number of pyridine rings is 1. The molecular weight excluding hydrogens is 448 g/mol. The maximum Gasteiger partial charge on any atom is 0.312 e. The highest BCUT2D eigenvalue weighted by Gasteiger charge is 2.22. The number of esters is 1. The van der Waals surface area contributed by atoms with E-state index in [9.17, 15) is 18.4 Å². The molecule has 0 radical (unpaired) electrons. The van der Waals surface area contributed by atoms with Gasteiger partial charge in [0.1, 0.15) is 11.6 Å². The molecule has 1 amide bonds. The Hall–Kier alpha value is -3.98. The molecule has 0 aliphatic rings. The molecule has 0 fully saturated rings. The van der Waals surface area contributed by atoms with Crippen molar-refractivity contribution < 1.29 is 23.1 Å². The van der Waals surface area contributed by atoms with E-state index in [1.165, 1.54) is 36.4 Å². The summed E-state index contributed by atoms with van der Waals surface area (Å²) in [6.45, 7) is 0. The van der Waals surface area contributed by atoms with Gasteiger partial charge in [-0.1, -0.05) is 30.3 Å². The van der Waals surface area contributed by atoms with E-state index < -0.39 is 29.6 Å². The summed E-state index contributed by atoms with van der Waals surface area (Å²) < 4.78 is 33.1. The number of carbonyl (C=O) groups is 2. The number of aromatic nitrogens is 2. The van der Waals surface area contributed by atoms with E-state index >= 15 is 0 Å². The van der Waals surface area contributed by atoms with E-state index in [0.717, 1.165) is 11.3 Å². The normalized spacial score (nSPS) is 11.6. The third-order valence-electron chi connectivity index (χ3n) is 4.57. The summed E-state index contributed by atoms with van der Waals surface area (Å²) in [5.74, 6) is -2.35. The molecule has 166 valence electrons. The topological polar surface area (TPSA) is 81.2 Å². The molecule has 1 N–H and O–H groups in total. The fourth-order valence-electron chi connectivity index (χ4n) is 3.08. The summed E-state index contributed by atoms with van der Waals surface area (Å²) in [6.07, 6.45) is 0.485. The quantitative estimate of drug-likeness (QED) is 0.391. The molecule has 0 saturated heterocycles. The number of thiazole rings is 1. The molecule has 4 rings (SSSR count). The molecule has 0 aliphatic heterocycles. The van der Waals surface area contributed by atoms with Gasteiger partial charge in [-0.15, -0.1) is 11.3 Å². The van der Waals surface area contributed by atoms with Gasteiger partial charge in [0.25, 0.3) is 5.91 Å². The van der Waals surface area contributed by atoms with Crippen molar-refractivity contribution in [3.8, 4) is 0 Å². The van der Waals surface area contributed by atoms with Gasteiger partial charge in [0.2, 0.25) is 0 Å². The van der Waals surface area contributed by atoms with Crippen LogP contribution < -0.4 is 5.32 Å². The number of anilines is 1. The Bertz CT molecular complexity index is 1280. The Morgan fingerprint density at radius 2 is 1.85 bits per heavy atom. The first kappa shape index (κ1) is 22.2. The lowest BCUT2D eigenvalue weighted by Gasteiger charge is -2.17. The van der Waals surface area contributed by atoms with Gasteiger partial charge in [0, 0.05) is 17.1 Å². The molecule has 0 bridgehead atoms. The van der Waals surface area contributed by atoms with E-state index in [4.69, 9.17) is 4.74 Å². The predicted octanol–water partition coefficient (Wildman–Crippen LogP) is 4.94. The largest absolute Gasteiger partial charge is 0.451 e. The zero-order valence-corrected chi connectivity index (χ0v) is 17.9. The number of amides is 1. The highest BCUT2D eigenvalue weighted by Crippen LogP contribution is 2.26. The van der Waals surface area contributed by atoms with Crippen molar-refractivity contribution in [2.45, 2.75) is 12.5 Å². The Morgan fingerprint density at radius 3 is 2.61 bits per heavy atom. The first-order valence-electron chi connectivity index (χ1n) is 9.86. The van der Waals surface area contributed by atoms with Gasteiger partial charge in [0.05, 0.1) is 23.4 Å². The number of rotatable bonds is 7. The zero-order valence-electron chi connectivity index (χ0n) is 17.1. The monoisotopic (exact) mass is 465 g/mol. The van der Waals surface area contributed by atoms with Crippen LogP contribution in [0.1, 0.15) is 33.4 Å². The van der Waals surface area contributed by atoms with Gasteiger partial charge >= 0.3 is 5.97 Å². The molecule has 0 aliphatic carbocycles. The van der Waals surface area contributed by atoms with Crippen LogP contribution >= 0.6 is 11.3 Å². The van der Waals surface area contributed by atoms with Crippen LogP contribution in [0.2, 0.25) is 0 Å². The smallest absolute Gasteiger partial charge is 0.312 e. The fourth-order valence-corrected chi connectivity index (χ4v) is 3.78. The number of hydrogen-bond donors (Lipinski definition) is 1. The molecule has 2 aromatic carbocycles. The van der Waals surface area contributed by atoms with E-state index in [-0.39, 0.29) is 17.1 Å². The Labute approximate surface area is 191 Å². The van der Waals surface area contributed by atoms with E-state index in [1.54, 1.807) is 41.9 Å². The van der Waals surface area contributed by atoms with Gasteiger partial charge in [-0.05, 0) is 36.4 Å². The highest BCUT2D eigenvalue weighted by molar-refractivity contribution is 7.14. The average molecular weight is 465 g/mol. The average Bonchev–Trinajstić information content (AvgIpc) is 3.24. The van der Waals surface area contributed by atoms with Gasteiger partial charge < -0.3 is 4.74 Å². The second kappa shape index (κ2) is 10.1. The van der Waals surface area contributed by atoms with E-state index in [2.05, 4.69) is 15.3 Å². The standard InChI is InChI=1S/C24H17F2N3O3S/c25-16-7-5-6-15(12-16)22(20-10-3-4-11-27-20)32-21(30)13-17-14-33-24(28-17)29-23(31)18-8-1-2-9-19(18)26/h1-12,14,22H,13H2,(H,28,29,31)/t22-/m1/s1. The minimum absolute atomic E-state index is 0.109. The first-order valence-corrected chi connectivity index (χ1v) is 10.7. The number of hydrogen-bond acceptors (Lipinski definition) is 6. The molecule has 1 atom stereocenters. The lowest BCUT2D eigenvalue weighted by Crippen LogP contribution is -2.16. The highest BCUT2D eigenvalue weighted by atomic mass is 32.1. The molecule has 2 heterocycles. The van der Waals surface area contributed by atoms with Crippen molar-refractivity contribution in [3.05, 3.63) is 112 Å². The van der Waals surface area contributed by atoms with Gasteiger partial charge in [-0.25, -0.2) is 13.8 Å². The number of halogens is 2. The fraction of sp³-hybridized carbons (Fsp3) is 0.0833. The van der Waals surface area contributed by atoms with Crippen molar-refractivity contribution in [2.75, 3.05) is 5.32 Å². The minimum atomic E-state index is -0.895. The molecule has 6 nitrogen and oxygen atoms in total. The summed E-state index contributed by atoms with van der Waals surface area (Å²) in [7, 11) is 0. The van der Waals surface area contributed by atoms with Crippen molar-refractivity contribution in [3.63, 3.8) is 0 Å². The van der Waals surface area contributed by atoms with Crippen molar-refractivity contribution >= 4 is 28.3 Å². The van der Waals surface area contributed by atoms with Crippen LogP contribution in [0.4, 0.5) is 13.9 Å². The summed E-state index contributed by atoms with van der Waals surface area (Å²) >= 11 is 1.10. The third kappa shape index (κ3) is 5.64. The summed E-state index contributed by atoms with van der Waals surface area (Å²) in [6, 6.07) is 16.5. The van der Waals surface area contributed by atoms with Crippen LogP contribution in [0, 0.1) is 11.6 Å². The lowest BCUT2D eigenvalue weighted by molar-refractivity contribution is -0.146. The maximum atomic E-state index is 13.8. The Morgan fingerprint density at radius 1 is 1.03 bits per heavy atom. The van der Waals surface area contributed by atoms with E-state index in [0.29, 0.717) is 17.0 Å².